The molecule has 0 atom stereocenters. The van der Waals surface area contributed by atoms with E-state index in [1.165, 1.54) is 0 Å². The fourth-order valence-electron chi connectivity index (χ4n) is 2.28. The van der Waals surface area contributed by atoms with Crippen LogP contribution in [0.1, 0.15) is 48.7 Å². The van der Waals surface area contributed by atoms with E-state index in [9.17, 15) is 5.26 Å². The first-order valence-corrected chi connectivity index (χ1v) is 7.97. The lowest BCUT2D eigenvalue weighted by molar-refractivity contribution is 0.129. The second-order valence-corrected chi connectivity index (χ2v) is 6.92. The SMILES string of the molecule is Cc1ccc(CNc2nnc(C)c(C)c2C#N)c(OC(C)(C)C)c1. The third kappa shape index (κ3) is 4.23. The molecular formula is C19H24N4O. The zero-order valence-electron chi connectivity index (χ0n) is 15.2. The van der Waals surface area contributed by atoms with E-state index < -0.39 is 0 Å². The Labute approximate surface area is 143 Å². The molecule has 5 heteroatoms. The molecule has 24 heavy (non-hydrogen) atoms. The number of nitrogens with one attached hydrogen (secondary N) is 1. The van der Waals surface area contributed by atoms with Crippen LogP contribution >= 0.6 is 0 Å². The molecule has 1 N–H and O–H groups in total. The van der Waals surface area contributed by atoms with Crippen molar-refractivity contribution in [2.75, 3.05) is 5.32 Å². The van der Waals surface area contributed by atoms with E-state index in [1.54, 1.807) is 0 Å². The van der Waals surface area contributed by atoms with Gasteiger partial charge in [-0.1, -0.05) is 12.1 Å². The molecule has 0 saturated heterocycles. The smallest absolute Gasteiger partial charge is 0.167 e. The van der Waals surface area contributed by atoms with Gasteiger partial charge in [0, 0.05) is 12.1 Å². The Morgan fingerprint density at radius 2 is 1.88 bits per heavy atom. The Bertz CT molecular complexity index is 785. The van der Waals surface area contributed by atoms with Crippen molar-refractivity contribution < 1.29 is 4.74 Å². The maximum atomic E-state index is 9.38. The van der Waals surface area contributed by atoms with Crippen LogP contribution in [0, 0.1) is 32.1 Å². The Hall–Kier alpha value is -2.61. The molecule has 0 aliphatic rings. The van der Waals surface area contributed by atoms with E-state index in [2.05, 4.69) is 21.6 Å². The van der Waals surface area contributed by atoms with Gasteiger partial charge in [0.15, 0.2) is 5.82 Å². The molecule has 126 valence electrons. The van der Waals surface area contributed by atoms with Gasteiger partial charge in [-0.15, -0.1) is 5.10 Å². The number of benzene rings is 1. The lowest BCUT2D eigenvalue weighted by atomic mass is 10.1. The highest BCUT2D eigenvalue weighted by atomic mass is 16.5. The summed E-state index contributed by atoms with van der Waals surface area (Å²) in [6.45, 7) is 12.3. The number of anilines is 1. The van der Waals surface area contributed by atoms with Gasteiger partial charge in [0.05, 0.1) is 5.69 Å². The van der Waals surface area contributed by atoms with Crippen LogP contribution in [0.4, 0.5) is 5.82 Å². The summed E-state index contributed by atoms with van der Waals surface area (Å²) in [5.74, 6) is 1.34. The van der Waals surface area contributed by atoms with E-state index in [1.807, 2.05) is 59.7 Å². The van der Waals surface area contributed by atoms with Crippen LogP contribution in [0.2, 0.25) is 0 Å². The quantitative estimate of drug-likeness (QED) is 0.918. The third-order valence-electron chi connectivity index (χ3n) is 3.65. The molecule has 0 amide bonds. The van der Waals surface area contributed by atoms with Crippen molar-refractivity contribution in [1.82, 2.24) is 10.2 Å². The van der Waals surface area contributed by atoms with Gasteiger partial charge in [-0.05, 0) is 58.7 Å². The average Bonchev–Trinajstić information content (AvgIpc) is 2.48. The summed E-state index contributed by atoms with van der Waals surface area (Å²) >= 11 is 0. The fraction of sp³-hybridized carbons (Fsp3) is 0.421. The summed E-state index contributed by atoms with van der Waals surface area (Å²) < 4.78 is 6.06. The molecule has 0 bridgehead atoms. The van der Waals surface area contributed by atoms with E-state index in [-0.39, 0.29) is 5.60 Å². The minimum absolute atomic E-state index is 0.277. The lowest BCUT2D eigenvalue weighted by Crippen LogP contribution is -2.24. The summed E-state index contributed by atoms with van der Waals surface area (Å²) in [6, 6.07) is 8.31. The first-order valence-electron chi connectivity index (χ1n) is 7.97. The molecule has 0 aliphatic heterocycles. The van der Waals surface area contributed by atoms with Gasteiger partial charge in [-0.3, -0.25) is 0 Å². The van der Waals surface area contributed by atoms with Crippen molar-refractivity contribution in [3.63, 3.8) is 0 Å². The molecule has 1 aromatic heterocycles. The number of hydrogen-bond donors (Lipinski definition) is 1. The molecule has 2 rings (SSSR count). The predicted molar refractivity (Wildman–Crippen MR) is 95.1 cm³/mol. The third-order valence-corrected chi connectivity index (χ3v) is 3.65. The van der Waals surface area contributed by atoms with E-state index in [0.29, 0.717) is 17.9 Å². The average molecular weight is 324 g/mol. The van der Waals surface area contributed by atoms with Gasteiger partial charge >= 0.3 is 0 Å². The Morgan fingerprint density at radius 3 is 2.50 bits per heavy atom. The molecule has 0 spiro atoms. The number of aryl methyl sites for hydroxylation is 2. The highest BCUT2D eigenvalue weighted by molar-refractivity contribution is 5.56. The monoisotopic (exact) mass is 324 g/mol. The van der Waals surface area contributed by atoms with Crippen LogP contribution in [0.25, 0.3) is 0 Å². The van der Waals surface area contributed by atoms with Crippen LogP contribution in [0.15, 0.2) is 18.2 Å². The summed E-state index contributed by atoms with van der Waals surface area (Å²) in [6.07, 6.45) is 0. The number of ether oxygens (including phenoxy) is 1. The largest absolute Gasteiger partial charge is 0.488 e. The zero-order valence-corrected chi connectivity index (χ0v) is 15.2. The first kappa shape index (κ1) is 17.7. The zero-order chi connectivity index (χ0) is 17.9. The van der Waals surface area contributed by atoms with E-state index in [4.69, 9.17) is 4.74 Å². The van der Waals surface area contributed by atoms with Crippen LogP contribution in [-0.2, 0) is 6.54 Å². The second kappa shape index (κ2) is 6.88. The number of nitriles is 1. The standard InChI is InChI=1S/C19H24N4O/c1-12-7-8-15(17(9-12)24-19(4,5)6)11-21-18-16(10-20)13(2)14(3)22-23-18/h7-9H,11H2,1-6H3,(H,21,23). The van der Waals surface area contributed by atoms with Crippen molar-refractivity contribution in [3.8, 4) is 11.8 Å². The van der Waals surface area contributed by atoms with Crippen molar-refractivity contribution >= 4 is 5.82 Å². The molecule has 2 aromatic rings. The summed E-state index contributed by atoms with van der Waals surface area (Å²) in [5.41, 5.74) is 4.03. The molecule has 0 unspecified atom stereocenters. The second-order valence-electron chi connectivity index (χ2n) is 6.92. The van der Waals surface area contributed by atoms with Crippen molar-refractivity contribution in [3.05, 3.63) is 46.1 Å². The molecule has 0 saturated carbocycles. The van der Waals surface area contributed by atoms with Crippen LogP contribution in [-0.4, -0.2) is 15.8 Å². The molecule has 0 aliphatic carbocycles. The summed E-state index contributed by atoms with van der Waals surface area (Å²) in [4.78, 5) is 0. The van der Waals surface area contributed by atoms with Crippen LogP contribution in [0.5, 0.6) is 5.75 Å². The molecule has 1 aromatic carbocycles. The van der Waals surface area contributed by atoms with Crippen molar-refractivity contribution in [2.24, 2.45) is 0 Å². The lowest BCUT2D eigenvalue weighted by Gasteiger charge is -2.24. The highest BCUT2D eigenvalue weighted by Crippen LogP contribution is 2.26. The van der Waals surface area contributed by atoms with Crippen molar-refractivity contribution in [1.29, 1.82) is 5.26 Å². The maximum Gasteiger partial charge on any atom is 0.167 e. The minimum atomic E-state index is -0.277. The molecule has 0 fully saturated rings. The molecule has 0 radical (unpaired) electrons. The molecular weight excluding hydrogens is 300 g/mol. The molecule has 5 nitrogen and oxygen atoms in total. The van der Waals surface area contributed by atoms with Gasteiger partial charge < -0.3 is 10.1 Å². The van der Waals surface area contributed by atoms with Crippen molar-refractivity contribution in [2.45, 2.75) is 53.7 Å². The Morgan fingerprint density at radius 1 is 1.17 bits per heavy atom. The predicted octanol–water partition coefficient (Wildman–Crippen LogP) is 4.06. The van der Waals surface area contributed by atoms with Gasteiger partial charge in [0.2, 0.25) is 0 Å². The van der Waals surface area contributed by atoms with Gasteiger partial charge in [-0.2, -0.15) is 10.4 Å². The first-order chi connectivity index (χ1) is 11.2. The van der Waals surface area contributed by atoms with Crippen LogP contribution < -0.4 is 10.1 Å². The van der Waals surface area contributed by atoms with Crippen LogP contribution in [0.3, 0.4) is 0 Å². The highest BCUT2D eigenvalue weighted by Gasteiger charge is 2.16. The topological polar surface area (TPSA) is 70.8 Å². The number of aromatic nitrogens is 2. The van der Waals surface area contributed by atoms with Gasteiger partial charge in [0.1, 0.15) is 23.0 Å². The Balaban J connectivity index is 2.28. The number of hydrogen-bond acceptors (Lipinski definition) is 5. The fourth-order valence-corrected chi connectivity index (χ4v) is 2.28. The van der Waals surface area contributed by atoms with Gasteiger partial charge in [-0.25, -0.2) is 0 Å². The summed E-state index contributed by atoms with van der Waals surface area (Å²) in [5, 5.41) is 20.8. The number of rotatable bonds is 4. The van der Waals surface area contributed by atoms with Gasteiger partial charge in [0.25, 0.3) is 0 Å². The molecule has 1 heterocycles. The number of nitrogens with zero attached hydrogens (tertiary/aromatic N) is 3. The maximum absolute atomic E-state index is 9.38. The van der Waals surface area contributed by atoms with E-state index >= 15 is 0 Å². The minimum Gasteiger partial charge on any atom is -0.488 e. The Kier molecular flexibility index (Phi) is 5.08. The normalized spacial score (nSPS) is 11.0. The summed E-state index contributed by atoms with van der Waals surface area (Å²) in [7, 11) is 0. The van der Waals surface area contributed by atoms with E-state index in [0.717, 1.165) is 28.1 Å².